The maximum Gasteiger partial charge on any atom is 0.120 e. The second kappa shape index (κ2) is 8.04. The normalized spacial score (nSPS) is 12.8. The number of ether oxygens (including phenoxy) is 2. The molecule has 0 N–H and O–H groups in total. The van der Waals surface area contributed by atoms with Gasteiger partial charge in [-0.15, -0.1) is 0 Å². The highest BCUT2D eigenvalue weighted by molar-refractivity contribution is 5.83. The fraction of sp³-hybridized carbons (Fsp3) is 0.474. The molecule has 0 saturated carbocycles. The Kier molecular flexibility index (Phi) is 6.06. The van der Waals surface area contributed by atoms with Gasteiger partial charge in [0.15, 0.2) is 0 Å². The molecule has 0 aliphatic rings. The molecule has 2 heteroatoms. The first-order valence-corrected chi connectivity index (χ1v) is 7.94. The van der Waals surface area contributed by atoms with E-state index in [1.165, 1.54) is 10.8 Å². The average Bonchev–Trinajstić information content (AvgIpc) is 2.50. The highest BCUT2D eigenvalue weighted by Crippen LogP contribution is 2.20. The molecule has 0 amide bonds. The molecule has 1 unspecified atom stereocenters. The van der Waals surface area contributed by atoms with Gasteiger partial charge in [-0.05, 0) is 35.2 Å². The quantitative estimate of drug-likeness (QED) is 0.631. The van der Waals surface area contributed by atoms with Crippen molar-refractivity contribution < 1.29 is 9.47 Å². The molecule has 0 aliphatic carbocycles. The number of hydrogen-bond acceptors (Lipinski definition) is 2. The van der Waals surface area contributed by atoms with Gasteiger partial charge in [0.05, 0.1) is 12.7 Å². The summed E-state index contributed by atoms with van der Waals surface area (Å²) in [5.74, 6) is 1.47. The van der Waals surface area contributed by atoms with Crippen LogP contribution in [-0.4, -0.2) is 19.3 Å². The summed E-state index contributed by atoms with van der Waals surface area (Å²) >= 11 is 0. The zero-order valence-electron chi connectivity index (χ0n) is 13.3. The van der Waals surface area contributed by atoms with Crippen molar-refractivity contribution in [2.75, 3.05) is 13.2 Å². The van der Waals surface area contributed by atoms with Crippen molar-refractivity contribution in [2.45, 2.75) is 39.7 Å². The van der Waals surface area contributed by atoms with E-state index in [1.807, 2.05) is 12.1 Å². The topological polar surface area (TPSA) is 18.5 Å². The van der Waals surface area contributed by atoms with Gasteiger partial charge >= 0.3 is 0 Å². The number of rotatable bonds is 8. The summed E-state index contributed by atoms with van der Waals surface area (Å²) in [6.45, 7) is 7.88. The zero-order valence-corrected chi connectivity index (χ0v) is 13.3. The van der Waals surface area contributed by atoms with Crippen LogP contribution in [0.2, 0.25) is 0 Å². The van der Waals surface area contributed by atoms with Gasteiger partial charge in [-0.25, -0.2) is 0 Å². The van der Waals surface area contributed by atoms with Gasteiger partial charge in [0.2, 0.25) is 0 Å². The van der Waals surface area contributed by atoms with Crippen LogP contribution in [0.3, 0.4) is 0 Å². The second-order valence-corrected chi connectivity index (χ2v) is 5.80. The monoisotopic (exact) mass is 286 g/mol. The predicted molar refractivity (Wildman–Crippen MR) is 88.9 cm³/mol. The third kappa shape index (κ3) is 4.75. The van der Waals surface area contributed by atoms with Crippen LogP contribution in [0.1, 0.15) is 33.6 Å². The smallest absolute Gasteiger partial charge is 0.120 e. The summed E-state index contributed by atoms with van der Waals surface area (Å²) in [6.07, 6.45) is 2.62. The number of fused-ring (bicyclic) bond motifs is 1. The first kappa shape index (κ1) is 15.8. The van der Waals surface area contributed by atoms with E-state index in [-0.39, 0.29) is 0 Å². The van der Waals surface area contributed by atoms with E-state index in [9.17, 15) is 0 Å². The Bertz CT molecular complexity index is 548. The van der Waals surface area contributed by atoms with Crippen LogP contribution in [0.4, 0.5) is 0 Å². The van der Waals surface area contributed by atoms with E-state index in [1.54, 1.807) is 0 Å². The van der Waals surface area contributed by atoms with Crippen molar-refractivity contribution in [2.24, 2.45) is 5.92 Å². The van der Waals surface area contributed by atoms with Crippen LogP contribution in [0, 0.1) is 5.92 Å². The first-order valence-electron chi connectivity index (χ1n) is 7.94. The molecule has 0 bridgehead atoms. The molecule has 0 heterocycles. The lowest BCUT2D eigenvalue weighted by Gasteiger charge is -2.21. The highest BCUT2D eigenvalue weighted by Gasteiger charge is 2.12. The molecule has 1 atom stereocenters. The summed E-state index contributed by atoms with van der Waals surface area (Å²) in [5.41, 5.74) is 0. The lowest BCUT2D eigenvalue weighted by molar-refractivity contribution is 0.00206. The van der Waals surface area contributed by atoms with E-state index in [2.05, 4.69) is 51.1 Å². The van der Waals surface area contributed by atoms with Crippen molar-refractivity contribution in [1.29, 1.82) is 0 Å². The van der Waals surface area contributed by atoms with Gasteiger partial charge < -0.3 is 9.47 Å². The molecule has 0 spiro atoms. The Morgan fingerprint density at radius 3 is 2.43 bits per heavy atom. The van der Waals surface area contributed by atoms with Crippen LogP contribution in [0.5, 0.6) is 5.75 Å². The molecule has 21 heavy (non-hydrogen) atoms. The SMILES string of the molecule is CCCC(OCCOc1ccc2ccccc2c1)C(C)C. The third-order valence-corrected chi connectivity index (χ3v) is 3.72. The minimum absolute atomic E-state index is 0.343. The number of hydrogen-bond donors (Lipinski definition) is 0. The Labute approximate surface area is 128 Å². The molecule has 2 aromatic carbocycles. The van der Waals surface area contributed by atoms with Crippen LogP contribution in [-0.2, 0) is 4.74 Å². The average molecular weight is 286 g/mol. The van der Waals surface area contributed by atoms with Gasteiger partial charge in [0.25, 0.3) is 0 Å². The van der Waals surface area contributed by atoms with E-state index < -0.39 is 0 Å². The summed E-state index contributed by atoms with van der Waals surface area (Å²) in [6, 6.07) is 14.5. The van der Waals surface area contributed by atoms with Crippen molar-refractivity contribution in [3.05, 3.63) is 42.5 Å². The maximum atomic E-state index is 5.93. The van der Waals surface area contributed by atoms with Crippen molar-refractivity contribution >= 4 is 10.8 Å². The maximum absolute atomic E-state index is 5.93. The van der Waals surface area contributed by atoms with Crippen LogP contribution >= 0.6 is 0 Å². The molecule has 2 rings (SSSR count). The summed E-state index contributed by atoms with van der Waals surface area (Å²) < 4.78 is 11.7. The molecule has 2 aromatic rings. The molecule has 114 valence electrons. The standard InChI is InChI=1S/C19H26O2/c1-4-7-19(15(2)3)21-13-12-20-18-11-10-16-8-5-6-9-17(16)14-18/h5-6,8-11,14-15,19H,4,7,12-13H2,1-3H3. The third-order valence-electron chi connectivity index (χ3n) is 3.72. The van der Waals surface area contributed by atoms with Crippen molar-refractivity contribution in [1.82, 2.24) is 0 Å². The van der Waals surface area contributed by atoms with E-state index in [0.717, 1.165) is 18.6 Å². The molecule has 0 saturated heterocycles. The van der Waals surface area contributed by atoms with Gasteiger partial charge in [0, 0.05) is 0 Å². The van der Waals surface area contributed by atoms with Gasteiger partial charge in [-0.1, -0.05) is 57.5 Å². The molecule has 0 aliphatic heterocycles. The van der Waals surface area contributed by atoms with Gasteiger partial charge in [-0.2, -0.15) is 0 Å². The Morgan fingerprint density at radius 1 is 0.952 bits per heavy atom. The van der Waals surface area contributed by atoms with E-state index >= 15 is 0 Å². The Balaban J connectivity index is 1.82. The summed E-state index contributed by atoms with van der Waals surface area (Å²) in [4.78, 5) is 0. The minimum Gasteiger partial charge on any atom is -0.491 e. The summed E-state index contributed by atoms with van der Waals surface area (Å²) in [5, 5.41) is 2.45. The molecule has 0 fully saturated rings. The van der Waals surface area contributed by atoms with Crippen LogP contribution in [0.25, 0.3) is 10.8 Å². The van der Waals surface area contributed by atoms with Crippen molar-refractivity contribution in [3.63, 3.8) is 0 Å². The lowest BCUT2D eigenvalue weighted by atomic mass is 10.0. The zero-order chi connectivity index (χ0) is 15.1. The van der Waals surface area contributed by atoms with Gasteiger partial charge in [0.1, 0.15) is 12.4 Å². The molecule has 0 aromatic heterocycles. The van der Waals surface area contributed by atoms with E-state index in [4.69, 9.17) is 9.47 Å². The Morgan fingerprint density at radius 2 is 1.71 bits per heavy atom. The highest BCUT2D eigenvalue weighted by atomic mass is 16.5. The predicted octanol–water partition coefficient (Wildman–Crippen LogP) is 5.06. The van der Waals surface area contributed by atoms with Crippen LogP contribution in [0.15, 0.2) is 42.5 Å². The molecule has 2 nitrogen and oxygen atoms in total. The Hall–Kier alpha value is -1.54. The first-order chi connectivity index (χ1) is 10.2. The molecular weight excluding hydrogens is 260 g/mol. The van der Waals surface area contributed by atoms with Gasteiger partial charge in [-0.3, -0.25) is 0 Å². The molecule has 0 radical (unpaired) electrons. The van der Waals surface area contributed by atoms with E-state index in [0.29, 0.717) is 25.2 Å². The fourth-order valence-corrected chi connectivity index (χ4v) is 2.51. The van der Waals surface area contributed by atoms with Crippen molar-refractivity contribution in [3.8, 4) is 5.75 Å². The second-order valence-electron chi connectivity index (χ2n) is 5.80. The fourth-order valence-electron chi connectivity index (χ4n) is 2.51. The van der Waals surface area contributed by atoms with Crippen LogP contribution < -0.4 is 4.74 Å². The minimum atomic E-state index is 0.343. The lowest BCUT2D eigenvalue weighted by Crippen LogP contribution is -2.22. The largest absolute Gasteiger partial charge is 0.491 e. The summed E-state index contributed by atoms with van der Waals surface area (Å²) in [7, 11) is 0. The number of benzene rings is 2. The molecular formula is C19H26O2.